The third kappa shape index (κ3) is 5.34. The summed E-state index contributed by atoms with van der Waals surface area (Å²) in [7, 11) is 0. The minimum atomic E-state index is -0.209. The highest BCUT2D eigenvalue weighted by molar-refractivity contribution is 5.92. The fourth-order valence-corrected chi connectivity index (χ4v) is 5.38. The molecule has 4 aromatic rings. The van der Waals surface area contributed by atoms with Gasteiger partial charge in [0.25, 0.3) is 0 Å². The Morgan fingerprint density at radius 1 is 0.650 bits per heavy atom. The number of rotatable bonds is 12. The Labute approximate surface area is 232 Å². The van der Waals surface area contributed by atoms with Crippen molar-refractivity contribution in [3.05, 3.63) is 77.4 Å². The number of hydrogen-bond donors (Lipinski definition) is 0. The van der Waals surface area contributed by atoms with Gasteiger partial charge in [-0.2, -0.15) is 0 Å². The van der Waals surface area contributed by atoms with Gasteiger partial charge in [0.15, 0.2) is 0 Å². The summed E-state index contributed by atoms with van der Waals surface area (Å²) in [4.78, 5) is 0. The second-order valence-electron chi connectivity index (χ2n) is 11.1. The van der Waals surface area contributed by atoms with Crippen molar-refractivity contribution in [2.75, 3.05) is 39.6 Å². The fourth-order valence-electron chi connectivity index (χ4n) is 5.38. The second-order valence-corrected chi connectivity index (χ2v) is 11.1. The van der Waals surface area contributed by atoms with Crippen LogP contribution in [0.15, 0.2) is 60.7 Å². The van der Waals surface area contributed by atoms with Gasteiger partial charge in [-0.05, 0) is 63.0 Å². The molecule has 4 aliphatic heterocycles. The predicted molar refractivity (Wildman–Crippen MR) is 150 cm³/mol. The van der Waals surface area contributed by atoms with Gasteiger partial charge >= 0.3 is 0 Å². The summed E-state index contributed by atoms with van der Waals surface area (Å²) in [6, 6.07) is 21.3. The quantitative estimate of drug-likeness (QED) is 0.229. The third-order valence-electron chi connectivity index (χ3n) is 8.06. The molecular formula is C33H32O7. The Hall–Kier alpha value is -3.36. The van der Waals surface area contributed by atoms with Gasteiger partial charge < -0.3 is 33.2 Å². The molecule has 8 rings (SSSR count). The van der Waals surface area contributed by atoms with E-state index in [1.807, 2.05) is 12.1 Å². The zero-order chi connectivity index (χ0) is 26.5. The topological polar surface area (TPSA) is 74.5 Å². The van der Waals surface area contributed by atoms with Crippen molar-refractivity contribution in [3.8, 4) is 17.2 Å². The Bertz CT molecular complexity index is 1550. The van der Waals surface area contributed by atoms with Crippen molar-refractivity contribution in [1.82, 2.24) is 0 Å². The lowest BCUT2D eigenvalue weighted by atomic mass is 9.89. The molecule has 4 unspecified atom stereocenters. The molecule has 206 valence electrons. The van der Waals surface area contributed by atoms with Gasteiger partial charge in [0, 0.05) is 24.8 Å². The molecule has 7 heteroatoms. The fraction of sp³-hybridized carbons (Fsp3) is 0.394. The average Bonchev–Trinajstić information content (AvgIpc) is 3.79. The van der Waals surface area contributed by atoms with Gasteiger partial charge in [-0.3, -0.25) is 0 Å². The standard InChI is InChI=1S/C33H32O7/c1-2-22(11-25-15-37-25)30(28-12-23(6-3-20(1)28)35-16-26-18-38-26)14-31-29-13-24(36-17-27-19-39-27)7-4-21(29)5-8-32(31)40-33-9-10-34-33/h1-8,12-13,25-27,33H,9-11,14-19H2. The van der Waals surface area contributed by atoms with E-state index >= 15 is 0 Å². The molecule has 0 spiro atoms. The molecule has 4 aliphatic rings. The summed E-state index contributed by atoms with van der Waals surface area (Å²) < 4.78 is 40.6. The van der Waals surface area contributed by atoms with Crippen LogP contribution in [0, 0.1) is 0 Å². The van der Waals surface area contributed by atoms with E-state index < -0.39 is 0 Å². The first kappa shape index (κ1) is 24.4. The molecule has 0 bridgehead atoms. The van der Waals surface area contributed by atoms with Gasteiger partial charge in [0.05, 0.1) is 32.5 Å². The minimum Gasteiger partial charge on any atom is -0.491 e. The zero-order valence-electron chi connectivity index (χ0n) is 22.3. The van der Waals surface area contributed by atoms with Crippen LogP contribution in [0.2, 0.25) is 0 Å². The molecule has 0 radical (unpaired) electrons. The van der Waals surface area contributed by atoms with E-state index in [0.717, 1.165) is 72.9 Å². The highest BCUT2D eigenvalue weighted by atomic mass is 16.7. The summed E-state index contributed by atoms with van der Waals surface area (Å²) in [5.74, 6) is 2.55. The van der Waals surface area contributed by atoms with E-state index in [2.05, 4.69) is 48.5 Å². The maximum Gasteiger partial charge on any atom is 0.202 e. The Balaban J connectivity index is 1.23. The van der Waals surface area contributed by atoms with E-state index in [9.17, 15) is 0 Å². The van der Waals surface area contributed by atoms with Crippen molar-refractivity contribution in [2.45, 2.75) is 43.9 Å². The molecule has 0 saturated carbocycles. The van der Waals surface area contributed by atoms with Crippen LogP contribution in [0.25, 0.3) is 21.5 Å². The van der Waals surface area contributed by atoms with E-state index in [1.165, 1.54) is 21.9 Å². The van der Waals surface area contributed by atoms with E-state index in [-0.39, 0.29) is 24.6 Å². The first-order valence-corrected chi connectivity index (χ1v) is 14.2. The molecule has 0 N–H and O–H groups in total. The summed E-state index contributed by atoms with van der Waals surface area (Å²) in [5.41, 5.74) is 3.69. The third-order valence-corrected chi connectivity index (χ3v) is 8.06. The van der Waals surface area contributed by atoms with Crippen molar-refractivity contribution in [2.24, 2.45) is 0 Å². The van der Waals surface area contributed by atoms with Crippen molar-refractivity contribution in [3.63, 3.8) is 0 Å². The lowest BCUT2D eigenvalue weighted by molar-refractivity contribution is -0.165. The first-order valence-electron chi connectivity index (χ1n) is 14.2. The molecule has 4 fully saturated rings. The number of benzene rings is 4. The number of hydrogen-bond acceptors (Lipinski definition) is 7. The van der Waals surface area contributed by atoms with Crippen molar-refractivity contribution < 1.29 is 33.2 Å². The lowest BCUT2D eigenvalue weighted by Crippen LogP contribution is -2.32. The highest BCUT2D eigenvalue weighted by Gasteiger charge is 2.27. The molecular weight excluding hydrogens is 508 g/mol. The monoisotopic (exact) mass is 540 g/mol. The summed E-state index contributed by atoms with van der Waals surface area (Å²) in [5, 5.41) is 4.64. The lowest BCUT2D eigenvalue weighted by Gasteiger charge is -2.28. The minimum absolute atomic E-state index is 0.200. The number of epoxide rings is 3. The van der Waals surface area contributed by atoms with Gasteiger partial charge in [-0.1, -0.05) is 30.3 Å². The summed E-state index contributed by atoms with van der Waals surface area (Å²) >= 11 is 0. The van der Waals surface area contributed by atoms with Crippen LogP contribution in [0.3, 0.4) is 0 Å². The van der Waals surface area contributed by atoms with Crippen molar-refractivity contribution >= 4 is 21.5 Å². The van der Waals surface area contributed by atoms with Crippen LogP contribution in [0.4, 0.5) is 0 Å². The maximum atomic E-state index is 6.40. The number of fused-ring (bicyclic) bond motifs is 2. The largest absolute Gasteiger partial charge is 0.491 e. The normalized spacial score (nSPS) is 24.5. The Kier molecular flexibility index (Phi) is 6.25. The SMILES string of the molecule is c1cc2ccc(CC3CO3)c(Cc3c(OC4CCO4)ccc4ccc(OCC5CO5)cc34)c2cc1OCC1CO1. The summed E-state index contributed by atoms with van der Waals surface area (Å²) in [6.45, 7) is 4.24. The molecule has 4 atom stereocenters. The van der Waals surface area contributed by atoms with E-state index in [1.54, 1.807) is 0 Å². The molecule has 7 nitrogen and oxygen atoms in total. The van der Waals surface area contributed by atoms with E-state index in [0.29, 0.717) is 19.6 Å². The van der Waals surface area contributed by atoms with Crippen molar-refractivity contribution in [1.29, 1.82) is 0 Å². The predicted octanol–water partition coefficient (Wildman–Crippen LogP) is 5.21. The van der Waals surface area contributed by atoms with E-state index in [4.69, 9.17) is 33.2 Å². The van der Waals surface area contributed by atoms with Crippen LogP contribution in [0.5, 0.6) is 17.2 Å². The average molecular weight is 541 g/mol. The highest BCUT2D eigenvalue weighted by Crippen LogP contribution is 2.38. The first-order chi connectivity index (χ1) is 19.7. The molecule has 0 aromatic heterocycles. The van der Waals surface area contributed by atoms with Crippen LogP contribution in [-0.2, 0) is 31.8 Å². The van der Waals surface area contributed by atoms with Crippen LogP contribution in [-0.4, -0.2) is 64.2 Å². The van der Waals surface area contributed by atoms with Gasteiger partial charge in [-0.25, -0.2) is 0 Å². The molecule has 0 aliphatic carbocycles. The van der Waals surface area contributed by atoms with Crippen LogP contribution < -0.4 is 14.2 Å². The number of ether oxygens (including phenoxy) is 7. The smallest absolute Gasteiger partial charge is 0.202 e. The van der Waals surface area contributed by atoms with Gasteiger partial charge in [0.1, 0.15) is 42.7 Å². The molecule has 4 aromatic carbocycles. The molecule has 4 heterocycles. The molecule has 0 amide bonds. The Morgan fingerprint density at radius 3 is 1.80 bits per heavy atom. The maximum absolute atomic E-state index is 6.40. The van der Waals surface area contributed by atoms with Gasteiger partial charge in [0.2, 0.25) is 6.29 Å². The second kappa shape index (κ2) is 10.2. The van der Waals surface area contributed by atoms with Crippen LogP contribution >= 0.6 is 0 Å². The van der Waals surface area contributed by atoms with Gasteiger partial charge in [-0.15, -0.1) is 0 Å². The molecule has 4 saturated heterocycles. The zero-order valence-corrected chi connectivity index (χ0v) is 22.3. The molecule has 40 heavy (non-hydrogen) atoms. The Morgan fingerprint density at radius 2 is 1.23 bits per heavy atom. The van der Waals surface area contributed by atoms with Crippen LogP contribution in [0.1, 0.15) is 23.1 Å². The summed E-state index contributed by atoms with van der Waals surface area (Å²) in [6.07, 6.45) is 2.95.